The Morgan fingerprint density at radius 3 is 1.92 bits per heavy atom. The van der Waals surface area contributed by atoms with Gasteiger partial charge < -0.3 is 5.32 Å². The molecule has 3 aromatic carbocycles. The van der Waals surface area contributed by atoms with Crippen molar-refractivity contribution in [1.82, 2.24) is 5.32 Å². The van der Waals surface area contributed by atoms with E-state index < -0.39 is 5.78 Å². The third-order valence-corrected chi connectivity index (χ3v) is 4.00. The molecule has 3 aromatic rings. The largest absolute Gasteiger partial charge is 0.348 e. The van der Waals surface area contributed by atoms with Gasteiger partial charge in [-0.05, 0) is 11.6 Å². The Morgan fingerprint density at radius 2 is 1.27 bits per heavy atom. The molecule has 0 aromatic heterocycles. The van der Waals surface area contributed by atoms with Crippen molar-refractivity contribution in [3.63, 3.8) is 0 Å². The van der Waals surface area contributed by atoms with Gasteiger partial charge in [-0.3, -0.25) is 15.0 Å². The van der Waals surface area contributed by atoms with Crippen molar-refractivity contribution in [2.75, 3.05) is 0 Å². The fourth-order valence-electron chi connectivity index (χ4n) is 2.62. The van der Waals surface area contributed by atoms with E-state index in [0.29, 0.717) is 12.1 Å². The summed E-state index contributed by atoms with van der Waals surface area (Å²) in [7, 11) is 0. The standard InChI is InChI=1S/C22H18N2O2/c23-20(17-11-5-2-6-12-17)21(25)18-13-7-8-14-19(18)22(26)24-15-16-9-3-1-4-10-16/h1-14,23H,15H2,(H,24,26). The van der Waals surface area contributed by atoms with Crippen LogP contribution in [0.3, 0.4) is 0 Å². The van der Waals surface area contributed by atoms with E-state index in [1.54, 1.807) is 48.5 Å². The van der Waals surface area contributed by atoms with E-state index in [1.165, 1.54) is 0 Å². The number of hydrogen-bond donors (Lipinski definition) is 2. The summed E-state index contributed by atoms with van der Waals surface area (Å²) >= 11 is 0. The van der Waals surface area contributed by atoms with Crippen LogP contribution in [0.5, 0.6) is 0 Å². The minimum atomic E-state index is -0.471. The molecule has 0 atom stereocenters. The minimum Gasteiger partial charge on any atom is -0.348 e. The summed E-state index contributed by atoms with van der Waals surface area (Å²) in [5.74, 6) is -0.805. The van der Waals surface area contributed by atoms with Gasteiger partial charge in [-0.2, -0.15) is 0 Å². The molecule has 0 unspecified atom stereocenters. The predicted molar refractivity (Wildman–Crippen MR) is 102 cm³/mol. The van der Waals surface area contributed by atoms with E-state index in [0.717, 1.165) is 5.56 Å². The molecule has 4 nitrogen and oxygen atoms in total. The van der Waals surface area contributed by atoms with Crippen molar-refractivity contribution in [2.24, 2.45) is 0 Å². The molecule has 0 saturated heterocycles. The average molecular weight is 342 g/mol. The van der Waals surface area contributed by atoms with Crippen LogP contribution in [0.2, 0.25) is 0 Å². The molecule has 4 heteroatoms. The van der Waals surface area contributed by atoms with Crippen molar-refractivity contribution >= 4 is 17.4 Å². The van der Waals surface area contributed by atoms with E-state index in [4.69, 9.17) is 5.41 Å². The highest BCUT2D eigenvalue weighted by atomic mass is 16.2. The monoisotopic (exact) mass is 342 g/mol. The fourth-order valence-corrected chi connectivity index (χ4v) is 2.62. The number of nitrogens with one attached hydrogen (secondary N) is 2. The number of amides is 1. The summed E-state index contributed by atoms with van der Waals surface area (Å²) in [6.45, 7) is 0.373. The molecular formula is C22H18N2O2. The van der Waals surface area contributed by atoms with E-state index in [9.17, 15) is 9.59 Å². The van der Waals surface area contributed by atoms with Gasteiger partial charge in [0.15, 0.2) is 0 Å². The van der Waals surface area contributed by atoms with Crippen LogP contribution in [-0.4, -0.2) is 17.4 Å². The van der Waals surface area contributed by atoms with Gasteiger partial charge in [-0.25, -0.2) is 0 Å². The second kappa shape index (κ2) is 8.03. The van der Waals surface area contributed by atoms with Crippen molar-refractivity contribution in [1.29, 1.82) is 5.41 Å². The van der Waals surface area contributed by atoms with Crippen molar-refractivity contribution in [3.05, 3.63) is 107 Å². The molecule has 0 spiro atoms. The third-order valence-electron chi connectivity index (χ3n) is 4.00. The quantitative estimate of drug-likeness (QED) is 0.527. The number of rotatable bonds is 6. The maximum atomic E-state index is 12.7. The van der Waals surface area contributed by atoms with Crippen LogP contribution < -0.4 is 5.32 Å². The second-order valence-electron chi connectivity index (χ2n) is 5.78. The van der Waals surface area contributed by atoms with Crippen molar-refractivity contribution < 1.29 is 9.59 Å². The molecule has 1 amide bonds. The van der Waals surface area contributed by atoms with E-state index in [2.05, 4.69) is 5.32 Å². The molecule has 0 radical (unpaired) electrons. The molecular weight excluding hydrogens is 324 g/mol. The Labute approximate surface area is 152 Å². The number of carbonyl (C=O) groups is 2. The SMILES string of the molecule is N=C(C(=O)c1ccccc1C(=O)NCc1ccccc1)c1ccccc1. The molecule has 0 saturated carbocycles. The van der Waals surface area contributed by atoms with Gasteiger partial charge in [0.05, 0.1) is 5.56 Å². The maximum absolute atomic E-state index is 12.7. The molecule has 0 aliphatic rings. The van der Waals surface area contributed by atoms with Crippen LogP contribution in [0.15, 0.2) is 84.9 Å². The number of carbonyl (C=O) groups excluding carboxylic acids is 2. The van der Waals surface area contributed by atoms with Gasteiger partial charge >= 0.3 is 0 Å². The lowest BCUT2D eigenvalue weighted by Gasteiger charge is -2.10. The zero-order valence-corrected chi connectivity index (χ0v) is 14.1. The van der Waals surface area contributed by atoms with E-state index in [1.807, 2.05) is 36.4 Å². The van der Waals surface area contributed by atoms with Gasteiger partial charge in [-0.15, -0.1) is 0 Å². The smallest absolute Gasteiger partial charge is 0.252 e. The van der Waals surface area contributed by atoms with Gasteiger partial charge in [0.1, 0.15) is 5.71 Å². The number of benzene rings is 3. The van der Waals surface area contributed by atoms with Gasteiger partial charge in [0, 0.05) is 17.7 Å². The third kappa shape index (κ3) is 3.92. The molecule has 0 fully saturated rings. The lowest BCUT2D eigenvalue weighted by molar-refractivity contribution is 0.0942. The summed E-state index contributed by atoms with van der Waals surface area (Å²) in [5.41, 5.74) is 1.87. The van der Waals surface area contributed by atoms with Crippen LogP contribution in [0.4, 0.5) is 0 Å². The summed E-state index contributed by atoms with van der Waals surface area (Å²) in [6, 6.07) is 24.9. The Balaban J connectivity index is 1.80. The molecule has 3 rings (SSSR count). The highest BCUT2D eigenvalue weighted by molar-refractivity contribution is 6.51. The van der Waals surface area contributed by atoms with Crippen LogP contribution in [-0.2, 0) is 6.54 Å². The Morgan fingerprint density at radius 1 is 0.731 bits per heavy atom. The van der Waals surface area contributed by atoms with E-state index >= 15 is 0 Å². The van der Waals surface area contributed by atoms with Crippen LogP contribution in [0.1, 0.15) is 31.8 Å². The van der Waals surface area contributed by atoms with Crippen molar-refractivity contribution in [2.45, 2.75) is 6.54 Å². The minimum absolute atomic E-state index is 0.131. The Bertz CT molecular complexity index is 935. The summed E-state index contributed by atoms with van der Waals surface area (Å²) in [4.78, 5) is 25.3. The number of hydrogen-bond acceptors (Lipinski definition) is 3. The Hall–Kier alpha value is -3.53. The number of Topliss-reactive ketones (excluding diaryl/α,β-unsaturated/α-hetero) is 1. The first-order valence-corrected chi connectivity index (χ1v) is 8.26. The molecule has 128 valence electrons. The second-order valence-corrected chi connectivity index (χ2v) is 5.78. The van der Waals surface area contributed by atoms with Crippen LogP contribution in [0.25, 0.3) is 0 Å². The van der Waals surface area contributed by atoms with Crippen LogP contribution >= 0.6 is 0 Å². The number of ketones is 1. The molecule has 0 heterocycles. The van der Waals surface area contributed by atoms with Crippen LogP contribution in [0, 0.1) is 5.41 Å². The van der Waals surface area contributed by atoms with E-state index in [-0.39, 0.29) is 22.7 Å². The lowest BCUT2D eigenvalue weighted by atomic mass is 9.96. The molecule has 0 aliphatic carbocycles. The summed E-state index contributed by atoms with van der Waals surface area (Å²) in [5, 5.41) is 11.0. The zero-order chi connectivity index (χ0) is 18.4. The molecule has 2 N–H and O–H groups in total. The predicted octanol–water partition coefficient (Wildman–Crippen LogP) is 3.87. The first kappa shape index (κ1) is 17.3. The Kier molecular flexibility index (Phi) is 5.34. The fraction of sp³-hybridized carbons (Fsp3) is 0.0455. The summed E-state index contributed by atoms with van der Waals surface area (Å²) < 4.78 is 0. The summed E-state index contributed by atoms with van der Waals surface area (Å²) in [6.07, 6.45) is 0. The highest BCUT2D eigenvalue weighted by Gasteiger charge is 2.20. The van der Waals surface area contributed by atoms with Gasteiger partial charge in [0.25, 0.3) is 5.91 Å². The van der Waals surface area contributed by atoms with Crippen molar-refractivity contribution in [3.8, 4) is 0 Å². The molecule has 0 bridgehead atoms. The van der Waals surface area contributed by atoms with Gasteiger partial charge in [0.2, 0.25) is 5.78 Å². The topological polar surface area (TPSA) is 70.0 Å². The first-order chi connectivity index (χ1) is 12.7. The molecule has 26 heavy (non-hydrogen) atoms. The normalized spacial score (nSPS) is 10.2. The lowest BCUT2D eigenvalue weighted by Crippen LogP contribution is -2.26. The maximum Gasteiger partial charge on any atom is 0.252 e. The highest BCUT2D eigenvalue weighted by Crippen LogP contribution is 2.13. The zero-order valence-electron chi connectivity index (χ0n) is 14.1. The molecule has 0 aliphatic heterocycles. The first-order valence-electron chi connectivity index (χ1n) is 8.26. The average Bonchev–Trinajstić information content (AvgIpc) is 2.72. The van der Waals surface area contributed by atoms with Gasteiger partial charge in [-0.1, -0.05) is 78.9 Å².